The van der Waals surface area contributed by atoms with Crippen LogP contribution in [0, 0.1) is 5.92 Å². The van der Waals surface area contributed by atoms with E-state index in [2.05, 4.69) is 42.3 Å². The van der Waals surface area contributed by atoms with E-state index in [1.54, 1.807) is 33.2 Å². The average Bonchev–Trinajstić information content (AvgIpc) is 3.24. The number of benzene rings is 2. The lowest BCUT2D eigenvalue weighted by molar-refractivity contribution is 0.275. The standard InChI is InChI=1S/C24H22Br2ClN5O2S/c25-18-8-2-4-10-22(18)35(33,34)31-11-5-6-16(15-31)13-28-23-12-21(17-7-1-3-9-20(17)27)30-24-19(26)14-29-32(23)24/h1-4,7-10,12,14,16,28H,5-6,11,13,15H2. The molecule has 35 heavy (non-hydrogen) atoms. The van der Waals surface area contributed by atoms with Gasteiger partial charge in [0.25, 0.3) is 0 Å². The Kier molecular flexibility index (Phi) is 7.18. The molecule has 2 aromatic carbocycles. The summed E-state index contributed by atoms with van der Waals surface area (Å²) in [5.41, 5.74) is 2.23. The van der Waals surface area contributed by atoms with Crippen molar-refractivity contribution in [2.45, 2.75) is 17.7 Å². The van der Waals surface area contributed by atoms with Crippen LogP contribution in [0.5, 0.6) is 0 Å². The van der Waals surface area contributed by atoms with Crippen molar-refractivity contribution < 1.29 is 8.42 Å². The normalized spacial score (nSPS) is 17.1. The van der Waals surface area contributed by atoms with E-state index >= 15 is 0 Å². The summed E-state index contributed by atoms with van der Waals surface area (Å²) in [6, 6.07) is 16.4. The van der Waals surface area contributed by atoms with Crippen molar-refractivity contribution in [2.24, 2.45) is 5.92 Å². The summed E-state index contributed by atoms with van der Waals surface area (Å²) in [6.45, 7) is 1.56. The summed E-state index contributed by atoms with van der Waals surface area (Å²) < 4.78 is 31.2. The molecule has 4 aromatic rings. The second-order valence-electron chi connectivity index (χ2n) is 8.42. The maximum Gasteiger partial charge on any atom is 0.244 e. The highest BCUT2D eigenvalue weighted by molar-refractivity contribution is 9.11. The number of nitrogens with one attached hydrogen (secondary N) is 1. The third-order valence-corrected chi connectivity index (χ3v) is 9.85. The molecule has 0 spiro atoms. The van der Waals surface area contributed by atoms with Gasteiger partial charge in [-0.15, -0.1) is 0 Å². The van der Waals surface area contributed by atoms with Gasteiger partial charge in [-0.1, -0.05) is 41.9 Å². The monoisotopic (exact) mass is 637 g/mol. The molecule has 5 rings (SSSR count). The largest absolute Gasteiger partial charge is 0.370 e. The molecular formula is C24H22Br2ClN5O2S. The number of hydrogen-bond donors (Lipinski definition) is 1. The molecule has 3 heterocycles. The molecule has 0 aliphatic carbocycles. The van der Waals surface area contributed by atoms with E-state index in [0.29, 0.717) is 39.7 Å². The van der Waals surface area contributed by atoms with Crippen LogP contribution in [-0.4, -0.2) is 47.0 Å². The van der Waals surface area contributed by atoms with Crippen LogP contribution in [0.25, 0.3) is 16.9 Å². The fourth-order valence-electron chi connectivity index (χ4n) is 4.32. The van der Waals surface area contributed by atoms with Crippen LogP contribution >= 0.6 is 43.5 Å². The van der Waals surface area contributed by atoms with Crippen LogP contribution in [0.2, 0.25) is 5.02 Å². The van der Waals surface area contributed by atoms with Crippen molar-refractivity contribution >= 4 is 64.9 Å². The van der Waals surface area contributed by atoms with E-state index in [0.717, 1.165) is 34.4 Å². The van der Waals surface area contributed by atoms with Gasteiger partial charge in [-0.05, 0) is 68.8 Å². The van der Waals surface area contributed by atoms with Crippen molar-refractivity contribution in [1.82, 2.24) is 18.9 Å². The van der Waals surface area contributed by atoms with Gasteiger partial charge in [0.2, 0.25) is 10.0 Å². The van der Waals surface area contributed by atoms with Gasteiger partial charge in [0.15, 0.2) is 5.65 Å². The van der Waals surface area contributed by atoms with Crippen molar-refractivity contribution in [3.8, 4) is 11.3 Å². The zero-order chi connectivity index (χ0) is 24.6. The minimum Gasteiger partial charge on any atom is -0.370 e. The quantitative estimate of drug-likeness (QED) is 0.277. The number of hydrogen-bond acceptors (Lipinski definition) is 5. The van der Waals surface area contributed by atoms with Crippen molar-refractivity contribution in [3.05, 3.63) is 74.8 Å². The highest BCUT2D eigenvalue weighted by atomic mass is 79.9. The smallest absolute Gasteiger partial charge is 0.244 e. The number of halogens is 3. The number of rotatable bonds is 6. The predicted molar refractivity (Wildman–Crippen MR) is 145 cm³/mol. The molecule has 1 aliphatic heterocycles. The molecule has 0 saturated carbocycles. The van der Waals surface area contributed by atoms with Gasteiger partial charge in [-0.25, -0.2) is 13.4 Å². The first-order valence-electron chi connectivity index (χ1n) is 11.1. The summed E-state index contributed by atoms with van der Waals surface area (Å²) in [5, 5.41) is 8.55. The first kappa shape index (κ1) is 24.7. The average molecular weight is 640 g/mol. The van der Waals surface area contributed by atoms with E-state index in [1.165, 1.54) is 0 Å². The van der Waals surface area contributed by atoms with E-state index < -0.39 is 10.0 Å². The topological polar surface area (TPSA) is 79.6 Å². The summed E-state index contributed by atoms with van der Waals surface area (Å²) in [6.07, 6.45) is 3.44. The third kappa shape index (κ3) is 4.99. The Balaban J connectivity index is 1.39. The lowest BCUT2D eigenvalue weighted by Crippen LogP contribution is -2.42. The lowest BCUT2D eigenvalue weighted by Gasteiger charge is -2.32. The van der Waals surface area contributed by atoms with Gasteiger partial charge in [-0.2, -0.15) is 13.9 Å². The zero-order valence-corrected chi connectivity index (χ0v) is 23.3. The maximum absolute atomic E-state index is 13.3. The SMILES string of the molecule is O=S(=O)(c1ccccc1Br)N1CCCC(CNc2cc(-c3ccccc3Cl)nc3c(Br)cnn23)C1. The molecule has 1 N–H and O–H groups in total. The molecule has 182 valence electrons. The molecule has 11 heteroatoms. The minimum absolute atomic E-state index is 0.145. The Hall–Kier alpha value is -1.98. The second-order valence-corrected chi connectivity index (χ2v) is 12.4. The van der Waals surface area contributed by atoms with Crippen LogP contribution in [0.15, 0.2) is 74.6 Å². The fourth-order valence-corrected chi connectivity index (χ4v) is 7.42. The Morgan fingerprint density at radius 1 is 1.09 bits per heavy atom. The van der Waals surface area contributed by atoms with Gasteiger partial charge in [0.1, 0.15) is 5.82 Å². The van der Waals surface area contributed by atoms with E-state index in [1.807, 2.05) is 36.4 Å². The Morgan fingerprint density at radius 2 is 1.86 bits per heavy atom. The van der Waals surface area contributed by atoms with Gasteiger partial charge in [0, 0.05) is 40.8 Å². The molecule has 0 radical (unpaired) electrons. The first-order valence-corrected chi connectivity index (χ1v) is 14.5. The summed E-state index contributed by atoms with van der Waals surface area (Å²) >= 11 is 13.3. The molecule has 1 fully saturated rings. The second kappa shape index (κ2) is 10.2. The van der Waals surface area contributed by atoms with Crippen LogP contribution in [-0.2, 0) is 10.0 Å². The zero-order valence-electron chi connectivity index (χ0n) is 18.5. The van der Waals surface area contributed by atoms with Crippen LogP contribution < -0.4 is 5.32 Å². The number of nitrogens with zero attached hydrogens (tertiary/aromatic N) is 4. The number of anilines is 1. The van der Waals surface area contributed by atoms with Crippen molar-refractivity contribution in [3.63, 3.8) is 0 Å². The molecule has 1 atom stereocenters. The Bertz CT molecular complexity index is 1490. The molecule has 1 unspecified atom stereocenters. The first-order chi connectivity index (χ1) is 16.8. The fraction of sp³-hybridized carbons (Fsp3) is 0.250. The van der Waals surface area contributed by atoms with Gasteiger partial charge >= 0.3 is 0 Å². The number of fused-ring (bicyclic) bond motifs is 1. The molecule has 7 nitrogen and oxygen atoms in total. The molecule has 2 aromatic heterocycles. The molecule has 0 amide bonds. The van der Waals surface area contributed by atoms with Crippen LogP contribution in [0.3, 0.4) is 0 Å². The third-order valence-electron chi connectivity index (χ3n) is 6.09. The number of aromatic nitrogens is 3. The Labute approximate surface area is 225 Å². The summed E-state index contributed by atoms with van der Waals surface area (Å²) in [4.78, 5) is 5.05. The van der Waals surface area contributed by atoms with Crippen LogP contribution in [0.1, 0.15) is 12.8 Å². The minimum atomic E-state index is -3.58. The highest BCUT2D eigenvalue weighted by Gasteiger charge is 2.31. The molecular weight excluding hydrogens is 618 g/mol. The highest BCUT2D eigenvalue weighted by Crippen LogP contribution is 2.31. The molecule has 0 bridgehead atoms. The van der Waals surface area contributed by atoms with Crippen molar-refractivity contribution in [1.29, 1.82) is 0 Å². The molecule has 1 aliphatic rings. The summed E-state index contributed by atoms with van der Waals surface area (Å²) in [7, 11) is -3.58. The van der Waals surface area contributed by atoms with Gasteiger partial charge in [0.05, 0.1) is 21.3 Å². The lowest BCUT2D eigenvalue weighted by atomic mass is 10.00. The number of piperidine rings is 1. The predicted octanol–water partition coefficient (Wildman–Crippen LogP) is 6.09. The van der Waals surface area contributed by atoms with Crippen LogP contribution in [0.4, 0.5) is 5.82 Å². The van der Waals surface area contributed by atoms with Gasteiger partial charge in [-0.3, -0.25) is 0 Å². The summed E-state index contributed by atoms with van der Waals surface area (Å²) in [5.74, 6) is 0.911. The van der Waals surface area contributed by atoms with Gasteiger partial charge < -0.3 is 5.32 Å². The molecule has 1 saturated heterocycles. The number of sulfonamides is 1. The van der Waals surface area contributed by atoms with E-state index in [4.69, 9.17) is 16.6 Å². The van der Waals surface area contributed by atoms with E-state index in [-0.39, 0.29) is 5.92 Å². The van der Waals surface area contributed by atoms with Crippen molar-refractivity contribution in [2.75, 3.05) is 25.0 Å². The van der Waals surface area contributed by atoms with E-state index in [9.17, 15) is 8.42 Å². The maximum atomic E-state index is 13.3. The Morgan fingerprint density at radius 3 is 2.66 bits per heavy atom.